The molecular formula is C13H17N3O3S. The summed E-state index contributed by atoms with van der Waals surface area (Å²) in [7, 11) is 0. The highest BCUT2D eigenvalue weighted by Crippen LogP contribution is 2.11. The predicted molar refractivity (Wildman–Crippen MR) is 80.7 cm³/mol. The van der Waals surface area contributed by atoms with Gasteiger partial charge in [0.05, 0.1) is 12.3 Å². The van der Waals surface area contributed by atoms with Crippen molar-refractivity contribution in [3.05, 3.63) is 29.8 Å². The molecule has 0 spiro atoms. The maximum absolute atomic E-state index is 11.3. The average Bonchev–Trinajstić information content (AvgIpc) is 2.36. The minimum absolute atomic E-state index is 0.102. The van der Waals surface area contributed by atoms with Crippen molar-refractivity contribution >= 4 is 29.5 Å². The van der Waals surface area contributed by atoms with E-state index in [9.17, 15) is 4.79 Å². The zero-order valence-electron chi connectivity index (χ0n) is 11.3. The maximum Gasteiger partial charge on any atom is 0.344 e. The fourth-order valence-electron chi connectivity index (χ4n) is 1.26. The van der Waals surface area contributed by atoms with Crippen LogP contribution in [0.4, 0.5) is 0 Å². The van der Waals surface area contributed by atoms with Crippen molar-refractivity contribution in [2.45, 2.75) is 20.0 Å². The number of benzene rings is 1. The van der Waals surface area contributed by atoms with E-state index in [4.69, 9.17) is 15.2 Å². The summed E-state index contributed by atoms with van der Waals surface area (Å²) < 4.78 is 10.2. The van der Waals surface area contributed by atoms with Crippen LogP contribution < -0.4 is 15.9 Å². The first kappa shape index (κ1) is 15.9. The van der Waals surface area contributed by atoms with Gasteiger partial charge in [-0.1, -0.05) is 0 Å². The third kappa shape index (κ3) is 6.69. The molecule has 3 N–H and O–H groups in total. The number of nitrogens with one attached hydrogen (secondary N) is 1. The molecule has 0 aromatic heterocycles. The van der Waals surface area contributed by atoms with Gasteiger partial charge in [0, 0.05) is 0 Å². The number of carbonyl (C=O) groups is 1. The summed E-state index contributed by atoms with van der Waals surface area (Å²) in [6, 6.07) is 7.03. The molecule has 1 aromatic carbocycles. The first-order valence-corrected chi connectivity index (χ1v) is 6.39. The van der Waals surface area contributed by atoms with Gasteiger partial charge in [0.15, 0.2) is 11.7 Å². The van der Waals surface area contributed by atoms with Crippen molar-refractivity contribution in [3.8, 4) is 5.75 Å². The number of carbonyl (C=O) groups excluding carboxylic acids is 1. The number of rotatable bonds is 6. The van der Waals surface area contributed by atoms with E-state index >= 15 is 0 Å². The summed E-state index contributed by atoms with van der Waals surface area (Å²) in [5, 5.41) is 3.92. The molecule has 0 saturated heterocycles. The fraction of sp³-hybridized carbons (Fsp3) is 0.308. The topological polar surface area (TPSA) is 85.9 Å². The van der Waals surface area contributed by atoms with E-state index in [0.717, 1.165) is 5.56 Å². The van der Waals surface area contributed by atoms with E-state index in [-0.39, 0.29) is 17.8 Å². The lowest BCUT2D eigenvalue weighted by molar-refractivity contribution is -0.149. The van der Waals surface area contributed by atoms with E-state index in [1.807, 2.05) is 0 Å². The normalized spacial score (nSPS) is 10.6. The third-order valence-corrected chi connectivity index (χ3v) is 2.08. The molecule has 0 aliphatic rings. The van der Waals surface area contributed by atoms with Crippen molar-refractivity contribution in [1.29, 1.82) is 0 Å². The summed E-state index contributed by atoms with van der Waals surface area (Å²) in [4.78, 5) is 11.3. The second kappa shape index (κ2) is 8.11. The van der Waals surface area contributed by atoms with Crippen molar-refractivity contribution in [3.63, 3.8) is 0 Å². The second-order valence-corrected chi connectivity index (χ2v) is 4.57. The molecule has 20 heavy (non-hydrogen) atoms. The van der Waals surface area contributed by atoms with Crippen LogP contribution in [0.3, 0.4) is 0 Å². The summed E-state index contributed by atoms with van der Waals surface area (Å²) >= 11 is 4.61. The number of nitrogens with two attached hydrogens (primary N) is 1. The molecule has 0 unspecified atom stereocenters. The minimum Gasteiger partial charge on any atom is -0.482 e. The molecule has 7 heteroatoms. The Hall–Kier alpha value is -2.15. The number of hydrogen-bond acceptors (Lipinski definition) is 5. The molecule has 1 aromatic rings. The molecule has 0 radical (unpaired) electrons. The standard InChI is InChI=1S/C13H17N3O3S/c1-9(2)19-12(17)8-18-11-5-3-10(4-6-11)7-15-16-13(14)20/h3-7,9H,8H2,1-2H3,(H3,14,16,20). The summed E-state index contributed by atoms with van der Waals surface area (Å²) in [5.74, 6) is 0.177. The molecule has 0 aliphatic carbocycles. The Morgan fingerprint density at radius 2 is 2.10 bits per heavy atom. The van der Waals surface area contributed by atoms with Gasteiger partial charge < -0.3 is 15.2 Å². The van der Waals surface area contributed by atoms with Crippen molar-refractivity contribution < 1.29 is 14.3 Å². The van der Waals surface area contributed by atoms with Crippen LogP contribution in [0.25, 0.3) is 0 Å². The molecule has 0 saturated carbocycles. The highest BCUT2D eigenvalue weighted by molar-refractivity contribution is 7.80. The molecule has 6 nitrogen and oxygen atoms in total. The molecular weight excluding hydrogens is 278 g/mol. The molecule has 0 atom stereocenters. The number of hydrogen-bond donors (Lipinski definition) is 2. The van der Waals surface area contributed by atoms with Gasteiger partial charge in [-0.05, 0) is 55.9 Å². The van der Waals surface area contributed by atoms with Gasteiger partial charge in [0.1, 0.15) is 5.75 Å². The van der Waals surface area contributed by atoms with Crippen LogP contribution in [-0.4, -0.2) is 30.0 Å². The van der Waals surface area contributed by atoms with Crippen molar-refractivity contribution in [2.75, 3.05) is 6.61 Å². The van der Waals surface area contributed by atoms with Crippen LogP contribution in [-0.2, 0) is 9.53 Å². The molecule has 0 heterocycles. The third-order valence-electron chi connectivity index (χ3n) is 1.99. The van der Waals surface area contributed by atoms with Crippen LogP contribution in [0.15, 0.2) is 29.4 Å². The molecule has 0 amide bonds. The maximum atomic E-state index is 11.3. The quantitative estimate of drug-likeness (QED) is 0.355. The molecule has 1 rings (SSSR count). The number of nitrogens with zero attached hydrogens (tertiary/aromatic N) is 1. The smallest absolute Gasteiger partial charge is 0.344 e. The summed E-state index contributed by atoms with van der Waals surface area (Å²) in [6.45, 7) is 3.45. The van der Waals surface area contributed by atoms with Crippen LogP contribution in [0.5, 0.6) is 5.75 Å². The summed E-state index contributed by atoms with van der Waals surface area (Å²) in [5.41, 5.74) is 8.52. The molecule has 0 fully saturated rings. The predicted octanol–water partition coefficient (Wildman–Crippen LogP) is 1.18. The molecule has 108 valence electrons. The highest BCUT2D eigenvalue weighted by atomic mass is 32.1. The lowest BCUT2D eigenvalue weighted by Crippen LogP contribution is -2.23. The van der Waals surface area contributed by atoms with Gasteiger partial charge in [-0.15, -0.1) is 0 Å². The Kier molecular flexibility index (Phi) is 6.45. The van der Waals surface area contributed by atoms with Gasteiger partial charge in [0.2, 0.25) is 0 Å². The second-order valence-electron chi connectivity index (χ2n) is 4.13. The number of hydrazone groups is 1. The van der Waals surface area contributed by atoms with Gasteiger partial charge >= 0.3 is 5.97 Å². The summed E-state index contributed by atoms with van der Waals surface area (Å²) in [6.07, 6.45) is 1.42. The van der Waals surface area contributed by atoms with Crippen LogP contribution in [0.1, 0.15) is 19.4 Å². The van der Waals surface area contributed by atoms with E-state index < -0.39 is 5.97 Å². The average molecular weight is 295 g/mol. The van der Waals surface area contributed by atoms with Crippen molar-refractivity contribution in [1.82, 2.24) is 5.43 Å². The first-order valence-electron chi connectivity index (χ1n) is 5.98. The van der Waals surface area contributed by atoms with Crippen LogP contribution in [0, 0.1) is 0 Å². The highest BCUT2D eigenvalue weighted by Gasteiger charge is 2.06. The van der Waals surface area contributed by atoms with Crippen LogP contribution >= 0.6 is 12.2 Å². The Morgan fingerprint density at radius 3 is 2.65 bits per heavy atom. The monoisotopic (exact) mass is 295 g/mol. The Morgan fingerprint density at radius 1 is 1.45 bits per heavy atom. The lowest BCUT2D eigenvalue weighted by Gasteiger charge is -2.09. The number of ether oxygens (including phenoxy) is 2. The Labute approximate surface area is 122 Å². The first-order chi connectivity index (χ1) is 9.47. The molecule has 0 bridgehead atoms. The van der Waals surface area contributed by atoms with Gasteiger partial charge in [0.25, 0.3) is 0 Å². The Balaban J connectivity index is 2.44. The minimum atomic E-state index is -0.397. The zero-order valence-corrected chi connectivity index (χ0v) is 12.1. The van der Waals surface area contributed by atoms with Crippen molar-refractivity contribution in [2.24, 2.45) is 10.8 Å². The van der Waals surface area contributed by atoms with Gasteiger partial charge in [-0.2, -0.15) is 5.10 Å². The van der Waals surface area contributed by atoms with E-state index in [2.05, 4.69) is 22.7 Å². The lowest BCUT2D eigenvalue weighted by atomic mass is 10.2. The fourth-order valence-corrected chi connectivity index (χ4v) is 1.31. The number of thiocarbonyl (C=S) groups is 1. The molecule has 0 aliphatic heterocycles. The SMILES string of the molecule is CC(C)OC(=O)COc1ccc(C=NNC(N)=S)cc1. The van der Waals surface area contributed by atoms with E-state index in [0.29, 0.717) is 5.75 Å². The van der Waals surface area contributed by atoms with Gasteiger partial charge in [-0.25, -0.2) is 4.79 Å². The zero-order chi connectivity index (χ0) is 15.0. The van der Waals surface area contributed by atoms with E-state index in [1.54, 1.807) is 44.3 Å². The Bertz CT molecular complexity index is 486. The van der Waals surface area contributed by atoms with Crippen LogP contribution in [0.2, 0.25) is 0 Å². The van der Waals surface area contributed by atoms with Gasteiger partial charge in [-0.3, -0.25) is 5.43 Å². The number of esters is 1. The largest absolute Gasteiger partial charge is 0.482 e. The van der Waals surface area contributed by atoms with E-state index in [1.165, 1.54) is 0 Å².